The lowest BCUT2D eigenvalue weighted by Gasteiger charge is -2.18. The number of nitrogens with zero attached hydrogens (tertiary/aromatic N) is 2. The van der Waals surface area contributed by atoms with Crippen molar-refractivity contribution in [3.8, 4) is 0 Å². The fourth-order valence-corrected chi connectivity index (χ4v) is 2.15. The summed E-state index contributed by atoms with van der Waals surface area (Å²) in [5.41, 5.74) is 7.93. The number of hydrogen-bond acceptors (Lipinski definition) is 4. The summed E-state index contributed by atoms with van der Waals surface area (Å²) in [6, 6.07) is 9.01. The fraction of sp³-hybridized carbons (Fsp3) is 0.143. The largest absolute Gasteiger partial charge is 0.397 e. The molecule has 0 aliphatic rings. The van der Waals surface area contributed by atoms with Crippen LogP contribution >= 0.6 is 15.9 Å². The molecule has 0 radical (unpaired) electrons. The monoisotopic (exact) mass is 334 g/mol. The molecule has 1 aromatic carbocycles. The Bertz CT molecular complexity index is 643. The van der Waals surface area contributed by atoms with Crippen LogP contribution in [0.1, 0.15) is 10.5 Å². The molecule has 20 heavy (non-hydrogen) atoms. The third-order valence-electron chi connectivity index (χ3n) is 2.74. The molecule has 0 saturated heterocycles. The zero-order valence-corrected chi connectivity index (χ0v) is 12.8. The summed E-state index contributed by atoms with van der Waals surface area (Å²) < 4.78 is 0.882. The lowest BCUT2D eigenvalue weighted by Crippen LogP contribution is -2.18. The van der Waals surface area contributed by atoms with E-state index in [1.807, 2.05) is 37.2 Å². The van der Waals surface area contributed by atoms with Gasteiger partial charge in [-0.25, -0.2) is 4.98 Å². The molecule has 0 saturated carbocycles. The molecular weight excluding hydrogens is 320 g/mol. The van der Waals surface area contributed by atoms with Gasteiger partial charge in [-0.05, 0) is 30.3 Å². The van der Waals surface area contributed by atoms with E-state index in [-0.39, 0.29) is 11.6 Å². The van der Waals surface area contributed by atoms with E-state index in [1.165, 1.54) is 0 Å². The Balaban J connectivity index is 2.33. The second-order valence-electron chi connectivity index (χ2n) is 4.45. The average molecular weight is 335 g/mol. The van der Waals surface area contributed by atoms with Crippen molar-refractivity contribution in [2.45, 2.75) is 0 Å². The normalized spacial score (nSPS) is 10.2. The highest BCUT2D eigenvalue weighted by Crippen LogP contribution is 2.28. The number of hydrogen-bond donors (Lipinski definition) is 2. The van der Waals surface area contributed by atoms with Crippen LogP contribution in [0.15, 0.2) is 41.0 Å². The average Bonchev–Trinajstić information content (AvgIpc) is 2.38. The van der Waals surface area contributed by atoms with Crippen molar-refractivity contribution >= 4 is 38.9 Å². The molecule has 0 aliphatic heterocycles. The molecule has 0 unspecified atom stereocenters. The molecule has 1 aromatic heterocycles. The molecule has 5 nitrogen and oxygen atoms in total. The quantitative estimate of drug-likeness (QED) is 0.905. The molecule has 2 aromatic rings. The summed E-state index contributed by atoms with van der Waals surface area (Å²) in [5.74, 6) is -0.329. The number of rotatable bonds is 3. The Hall–Kier alpha value is -2.08. The van der Waals surface area contributed by atoms with E-state index in [9.17, 15) is 4.79 Å². The first kappa shape index (κ1) is 14.3. The molecule has 1 amide bonds. The maximum Gasteiger partial charge on any atom is 0.276 e. The van der Waals surface area contributed by atoms with E-state index < -0.39 is 0 Å². The van der Waals surface area contributed by atoms with Crippen LogP contribution in [0.25, 0.3) is 0 Å². The summed E-state index contributed by atoms with van der Waals surface area (Å²) in [6.07, 6.45) is 1.54. The molecule has 0 bridgehead atoms. The first-order chi connectivity index (χ1) is 9.49. The molecule has 2 rings (SSSR count). The van der Waals surface area contributed by atoms with Gasteiger partial charge in [-0.3, -0.25) is 4.79 Å². The molecule has 1 heterocycles. The lowest BCUT2D eigenvalue weighted by atomic mass is 10.2. The predicted octanol–water partition coefficient (Wildman–Crippen LogP) is 2.74. The Morgan fingerprint density at radius 1 is 1.35 bits per heavy atom. The van der Waals surface area contributed by atoms with Crippen LogP contribution in [0, 0.1) is 0 Å². The zero-order chi connectivity index (χ0) is 14.7. The van der Waals surface area contributed by atoms with Crippen LogP contribution in [0.3, 0.4) is 0 Å². The first-order valence-electron chi connectivity index (χ1n) is 5.97. The minimum atomic E-state index is -0.329. The number of benzene rings is 1. The van der Waals surface area contributed by atoms with Gasteiger partial charge in [0.2, 0.25) is 0 Å². The Morgan fingerprint density at radius 3 is 2.75 bits per heavy atom. The number of nitrogens with two attached hydrogens (primary N) is 1. The van der Waals surface area contributed by atoms with Crippen molar-refractivity contribution in [1.82, 2.24) is 4.98 Å². The second-order valence-corrected chi connectivity index (χ2v) is 5.37. The van der Waals surface area contributed by atoms with Gasteiger partial charge < -0.3 is 16.0 Å². The van der Waals surface area contributed by atoms with Crippen molar-refractivity contribution in [2.75, 3.05) is 30.0 Å². The van der Waals surface area contributed by atoms with Crippen LogP contribution in [0.2, 0.25) is 0 Å². The smallest absolute Gasteiger partial charge is 0.276 e. The van der Waals surface area contributed by atoms with Gasteiger partial charge in [-0.15, -0.1) is 0 Å². The number of nitrogens with one attached hydrogen (secondary N) is 1. The molecule has 0 aliphatic carbocycles. The molecule has 0 atom stereocenters. The van der Waals surface area contributed by atoms with Crippen molar-refractivity contribution in [1.29, 1.82) is 0 Å². The van der Waals surface area contributed by atoms with Gasteiger partial charge in [-0.1, -0.05) is 15.9 Å². The zero-order valence-electron chi connectivity index (χ0n) is 11.2. The topological polar surface area (TPSA) is 71.2 Å². The maximum atomic E-state index is 12.2. The van der Waals surface area contributed by atoms with Crippen LogP contribution in [-0.4, -0.2) is 25.0 Å². The number of aromatic nitrogens is 1. The molecule has 3 N–H and O–H groups in total. The number of nitrogen functional groups attached to an aromatic ring is 1. The summed E-state index contributed by atoms with van der Waals surface area (Å²) >= 11 is 3.40. The minimum absolute atomic E-state index is 0.220. The number of pyridine rings is 1. The Labute approximate surface area is 125 Å². The van der Waals surface area contributed by atoms with Gasteiger partial charge in [0, 0.05) is 24.8 Å². The van der Waals surface area contributed by atoms with E-state index in [1.54, 1.807) is 18.3 Å². The standard InChI is InChI=1S/C14H15BrN4O/c1-19(2)12-6-5-9(15)8-11(12)18-14(20)13-10(16)4-3-7-17-13/h3-8H,16H2,1-2H3,(H,18,20). The summed E-state index contributed by atoms with van der Waals surface area (Å²) in [7, 11) is 3.82. The maximum absolute atomic E-state index is 12.2. The predicted molar refractivity (Wildman–Crippen MR) is 85.1 cm³/mol. The Morgan fingerprint density at radius 2 is 2.10 bits per heavy atom. The second kappa shape index (κ2) is 5.92. The third-order valence-corrected chi connectivity index (χ3v) is 3.24. The highest BCUT2D eigenvalue weighted by Gasteiger charge is 2.14. The van der Waals surface area contributed by atoms with Gasteiger partial charge in [0.15, 0.2) is 5.69 Å². The van der Waals surface area contributed by atoms with Crippen molar-refractivity contribution < 1.29 is 4.79 Å². The summed E-state index contributed by atoms with van der Waals surface area (Å²) in [4.78, 5) is 18.2. The lowest BCUT2D eigenvalue weighted by molar-refractivity contribution is 0.102. The van der Waals surface area contributed by atoms with Gasteiger partial charge in [-0.2, -0.15) is 0 Å². The first-order valence-corrected chi connectivity index (χ1v) is 6.77. The van der Waals surface area contributed by atoms with Crippen molar-refractivity contribution in [3.05, 3.63) is 46.7 Å². The van der Waals surface area contributed by atoms with Crippen LogP contribution in [0.5, 0.6) is 0 Å². The number of carbonyl (C=O) groups is 1. The van der Waals surface area contributed by atoms with E-state index in [0.717, 1.165) is 10.2 Å². The van der Waals surface area contributed by atoms with Crippen molar-refractivity contribution in [3.63, 3.8) is 0 Å². The van der Waals surface area contributed by atoms with E-state index in [4.69, 9.17) is 5.73 Å². The molecule has 6 heteroatoms. The fourth-order valence-electron chi connectivity index (χ4n) is 1.79. The van der Waals surface area contributed by atoms with Gasteiger partial charge in [0.1, 0.15) is 0 Å². The highest BCUT2D eigenvalue weighted by molar-refractivity contribution is 9.10. The van der Waals surface area contributed by atoms with Gasteiger partial charge >= 0.3 is 0 Å². The van der Waals surface area contributed by atoms with Gasteiger partial charge in [0.25, 0.3) is 5.91 Å². The van der Waals surface area contributed by atoms with Crippen molar-refractivity contribution in [2.24, 2.45) is 0 Å². The number of carbonyl (C=O) groups excluding carboxylic acids is 1. The number of amides is 1. The number of halogens is 1. The molecule has 104 valence electrons. The highest BCUT2D eigenvalue weighted by atomic mass is 79.9. The van der Waals surface area contributed by atoms with E-state index in [0.29, 0.717) is 11.4 Å². The van der Waals surface area contributed by atoms with Crippen LogP contribution in [-0.2, 0) is 0 Å². The molecule has 0 spiro atoms. The number of anilines is 3. The molecule has 0 fully saturated rings. The minimum Gasteiger partial charge on any atom is -0.397 e. The van der Waals surface area contributed by atoms with E-state index in [2.05, 4.69) is 26.2 Å². The summed E-state index contributed by atoms with van der Waals surface area (Å²) in [5, 5.41) is 2.84. The molecular formula is C14H15BrN4O. The SMILES string of the molecule is CN(C)c1ccc(Br)cc1NC(=O)c1ncccc1N. The van der Waals surface area contributed by atoms with Crippen LogP contribution in [0.4, 0.5) is 17.1 Å². The third kappa shape index (κ3) is 3.08. The van der Waals surface area contributed by atoms with Crippen LogP contribution < -0.4 is 16.0 Å². The Kier molecular flexibility index (Phi) is 4.24. The van der Waals surface area contributed by atoms with Gasteiger partial charge in [0.05, 0.1) is 17.1 Å². The van der Waals surface area contributed by atoms with E-state index >= 15 is 0 Å². The summed E-state index contributed by atoms with van der Waals surface area (Å²) in [6.45, 7) is 0.